The van der Waals surface area contributed by atoms with Crippen LogP contribution >= 0.6 is 0 Å². The van der Waals surface area contributed by atoms with Gasteiger partial charge in [-0.15, -0.1) is 0 Å². The van der Waals surface area contributed by atoms with E-state index >= 15 is 0 Å². The molecule has 2 rings (SSSR count). The Labute approximate surface area is 97.5 Å². The van der Waals surface area contributed by atoms with Gasteiger partial charge in [0.05, 0.1) is 0 Å². The van der Waals surface area contributed by atoms with E-state index in [9.17, 15) is 5.11 Å². The number of hydrogen-bond acceptors (Lipinski definition) is 2. The van der Waals surface area contributed by atoms with E-state index in [4.69, 9.17) is 0 Å². The normalized spacial score (nSPS) is 29.8. The zero-order valence-electron chi connectivity index (χ0n) is 10.3. The smallest absolute Gasteiger partial charge is 0.141 e. The number of rotatable bonds is 4. The molecule has 1 heterocycles. The van der Waals surface area contributed by atoms with Crippen molar-refractivity contribution in [1.29, 1.82) is 0 Å². The summed E-state index contributed by atoms with van der Waals surface area (Å²) in [5.41, 5.74) is -0.673. The molecule has 0 bridgehead atoms. The molecular formula is C13H22N2O. The Morgan fingerprint density at radius 3 is 3.06 bits per heavy atom. The van der Waals surface area contributed by atoms with Crippen LogP contribution < -0.4 is 0 Å². The third-order valence-corrected chi connectivity index (χ3v) is 3.85. The van der Waals surface area contributed by atoms with Gasteiger partial charge < -0.3 is 9.67 Å². The summed E-state index contributed by atoms with van der Waals surface area (Å²) in [4.78, 5) is 4.40. The molecule has 90 valence electrons. The molecule has 3 nitrogen and oxygen atoms in total. The topological polar surface area (TPSA) is 38.0 Å². The van der Waals surface area contributed by atoms with Crippen molar-refractivity contribution in [1.82, 2.24) is 9.55 Å². The standard InChI is InChI=1S/C13H22N2O/c1-3-9-15-10-8-14-12(15)13(16)7-5-6-11(13)4-2/h8,10-11,16H,3-7,9H2,1-2H3. The van der Waals surface area contributed by atoms with Crippen LogP contribution in [0, 0.1) is 5.92 Å². The van der Waals surface area contributed by atoms with Gasteiger partial charge in [0.1, 0.15) is 11.4 Å². The molecule has 3 heteroatoms. The fraction of sp³-hybridized carbons (Fsp3) is 0.769. The fourth-order valence-corrected chi connectivity index (χ4v) is 3.01. The molecule has 0 amide bonds. The van der Waals surface area contributed by atoms with Crippen LogP contribution in [-0.4, -0.2) is 14.7 Å². The molecule has 0 aliphatic heterocycles. The van der Waals surface area contributed by atoms with Crippen LogP contribution in [0.25, 0.3) is 0 Å². The molecule has 16 heavy (non-hydrogen) atoms. The van der Waals surface area contributed by atoms with E-state index in [1.807, 2.05) is 12.4 Å². The predicted octanol–water partition coefficient (Wildman–Crippen LogP) is 2.69. The zero-order chi connectivity index (χ0) is 11.6. The summed E-state index contributed by atoms with van der Waals surface area (Å²) in [6, 6.07) is 0. The lowest BCUT2D eigenvalue weighted by atomic mass is 9.88. The Morgan fingerprint density at radius 1 is 1.56 bits per heavy atom. The fourth-order valence-electron chi connectivity index (χ4n) is 3.01. The highest BCUT2D eigenvalue weighted by molar-refractivity contribution is 5.10. The minimum absolute atomic E-state index is 0.380. The van der Waals surface area contributed by atoms with Crippen LogP contribution in [0.1, 0.15) is 51.8 Å². The lowest BCUT2D eigenvalue weighted by Gasteiger charge is -2.29. The van der Waals surface area contributed by atoms with Crippen molar-refractivity contribution in [3.8, 4) is 0 Å². The van der Waals surface area contributed by atoms with E-state index in [0.717, 1.165) is 44.5 Å². The van der Waals surface area contributed by atoms with Crippen molar-refractivity contribution in [3.05, 3.63) is 18.2 Å². The molecular weight excluding hydrogens is 200 g/mol. The molecule has 1 saturated carbocycles. The van der Waals surface area contributed by atoms with E-state index in [0.29, 0.717) is 5.92 Å². The first kappa shape index (κ1) is 11.6. The molecule has 0 radical (unpaired) electrons. The quantitative estimate of drug-likeness (QED) is 0.850. The minimum Gasteiger partial charge on any atom is -0.382 e. The summed E-state index contributed by atoms with van der Waals surface area (Å²) in [6.07, 6.45) is 9.04. The van der Waals surface area contributed by atoms with Crippen molar-refractivity contribution in [2.24, 2.45) is 5.92 Å². The maximum atomic E-state index is 10.8. The van der Waals surface area contributed by atoms with Crippen molar-refractivity contribution in [2.45, 2.75) is 58.1 Å². The Kier molecular flexibility index (Phi) is 3.33. The van der Waals surface area contributed by atoms with Gasteiger partial charge in [-0.1, -0.05) is 20.3 Å². The number of hydrogen-bond donors (Lipinski definition) is 1. The van der Waals surface area contributed by atoms with Crippen LogP contribution in [-0.2, 0) is 12.1 Å². The van der Waals surface area contributed by atoms with Crippen molar-refractivity contribution in [3.63, 3.8) is 0 Å². The van der Waals surface area contributed by atoms with Gasteiger partial charge in [-0.25, -0.2) is 4.98 Å². The SMILES string of the molecule is CCCn1ccnc1C1(O)CCCC1CC. The number of aromatic nitrogens is 2. The lowest BCUT2D eigenvalue weighted by molar-refractivity contribution is -0.0154. The van der Waals surface area contributed by atoms with Crippen molar-refractivity contribution < 1.29 is 5.11 Å². The van der Waals surface area contributed by atoms with Gasteiger partial charge in [-0.3, -0.25) is 0 Å². The van der Waals surface area contributed by atoms with Crippen molar-refractivity contribution >= 4 is 0 Å². The van der Waals surface area contributed by atoms with E-state index in [1.165, 1.54) is 0 Å². The Balaban J connectivity index is 2.30. The third kappa shape index (κ3) is 1.77. The number of imidazole rings is 1. The monoisotopic (exact) mass is 222 g/mol. The van der Waals surface area contributed by atoms with Crippen LogP contribution in [0.3, 0.4) is 0 Å². The Morgan fingerprint density at radius 2 is 2.38 bits per heavy atom. The maximum absolute atomic E-state index is 10.8. The lowest BCUT2D eigenvalue weighted by Crippen LogP contribution is -2.33. The summed E-state index contributed by atoms with van der Waals surface area (Å²) in [5, 5.41) is 10.8. The highest BCUT2D eigenvalue weighted by atomic mass is 16.3. The molecule has 2 atom stereocenters. The van der Waals surface area contributed by atoms with Gasteiger partial charge in [0.25, 0.3) is 0 Å². The molecule has 0 saturated heterocycles. The van der Waals surface area contributed by atoms with Crippen molar-refractivity contribution in [2.75, 3.05) is 0 Å². The van der Waals surface area contributed by atoms with E-state index < -0.39 is 5.60 Å². The molecule has 2 unspecified atom stereocenters. The van der Waals surface area contributed by atoms with E-state index in [1.54, 1.807) is 0 Å². The Bertz CT molecular complexity index is 347. The van der Waals surface area contributed by atoms with Gasteiger partial charge in [-0.2, -0.15) is 0 Å². The summed E-state index contributed by atoms with van der Waals surface area (Å²) < 4.78 is 2.12. The molecule has 1 N–H and O–H groups in total. The summed E-state index contributed by atoms with van der Waals surface area (Å²) in [7, 11) is 0. The average Bonchev–Trinajstić information content (AvgIpc) is 2.86. The third-order valence-electron chi connectivity index (χ3n) is 3.85. The van der Waals surface area contributed by atoms with E-state index in [-0.39, 0.29) is 0 Å². The molecule has 1 aromatic heterocycles. The Hall–Kier alpha value is -0.830. The number of aryl methyl sites for hydroxylation is 1. The van der Waals surface area contributed by atoms with Crippen LogP contribution in [0.15, 0.2) is 12.4 Å². The number of nitrogens with zero attached hydrogens (tertiary/aromatic N) is 2. The first-order chi connectivity index (χ1) is 7.72. The number of aliphatic hydroxyl groups is 1. The molecule has 1 aliphatic carbocycles. The van der Waals surface area contributed by atoms with Gasteiger partial charge in [0, 0.05) is 18.9 Å². The molecule has 1 fully saturated rings. The second-order valence-electron chi connectivity index (χ2n) is 4.87. The largest absolute Gasteiger partial charge is 0.382 e. The van der Waals surface area contributed by atoms with Crippen LogP contribution in [0.2, 0.25) is 0 Å². The molecule has 1 aromatic rings. The second kappa shape index (κ2) is 4.58. The van der Waals surface area contributed by atoms with Crippen LogP contribution in [0.4, 0.5) is 0 Å². The predicted molar refractivity (Wildman–Crippen MR) is 64.0 cm³/mol. The summed E-state index contributed by atoms with van der Waals surface area (Å²) >= 11 is 0. The average molecular weight is 222 g/mol. The summed E-state index contributed by atoms with van der Waals surface area (Å²) in [6.45, 7) is 5.27. The maximum Gasteiger partial charge on any atom is 0.141 e. The minimum atomic E-state index is -0.673. The van der Waals surface area contributed by atoms with Gasteiger partial charge in [0.15, 0.2) is 0 Å². The van der Waals surface area contributed by atoms with E-state index in [2.05, 4.69) is 23.4 Å². The highest BCUT2D eigenvalue weighted by Crippen LogP contribution is 2.44. The van der Waals surface area contributed by atoms with Gasteiger partial charge in [0.2, 0.25) is 0 Å². The first-order valence-electron chi connectivity index (χ1n) is 6.46. The molecule has 0 spiro atoms. The van der Waals surface area contributed by atoms with Gasteiger partial charge in [-0.05, 0) is 31.6 Å². The summed E-state index contributed by atoms with van der Waals surface area (Å²) in [5.74, 6) is 1.27. The first-order valence-corrected chi connectivity index (χ1v) is 6.46. The zero-order valence-corrected chi connectivity index (χ0v) is 10.3. The molecule has 1 aliphatic rings. The second-order valence-corrected chi connectivity index (χ2v) is 4.87. The molecule has 0 aromatic carbocycles. The highest BCUT2D eigenvalue weighted by Gasteiger charge is 2.44. The van der Waals surface area contributed by atoms with Gasteiger partial charge >= 0.3 is 0 Å². The van der Waals surface area contributed by atoms with Crippen LogP contribution in [0.5, 0.6) is 0 Å².